The lowest BCUT2D eigenvalue weighted by molar-refractivity contribution is 0.0872. The highest BCUT2D eigenvalue weighted by atomic mass is 16.3. The van der Waals surface area contributed by atoms with E-state index in [4.69, 9.17) is 5.11 Å². The molecule has 65 valence electrons. The molecule has 1 heterocycles. The molecule has 13 heavy (non-hydrogen) atoms. The maximum atomic E-state index is 11.2. The van der Waals surface area contributed by atoms with Gasteiger partial charge in [0.2, 0.25) is 0 Å². The van der Waals surface area contributed by atoms with Crippen molar-refractivity contribution in [1.29, 1.82) is 0 Å². The molecule has 4 nitrogen and oxygen atoms in total. The van der Waals surface area contributed by atoms with E-state index in [0.717, 1.165) is 0 Å². The Morgan fingerprint density at radius 3 is 2.69 bits per heavy atom. The number of imide groups is 1. The topological polar surface area (TPSA) is 68.5 Å². The van der Waals surface area contributed by atoms with Crippen LogP contribution in [0.4, 0.5) is 0 Å². The molecule has 0 saturated heterocycles. The first-order valence-electron chi connectivity index (χ1n) is 3.77. The van der Waals surface area contributed by atoms with Gasteiger partial charge in [-0.3, -0.25) is 9.59 Å². The van der Waals surface area contributed by atoms with Gasteiger partial charge >= 0.3 is 0 Å². The van der Waals surface area contributed by atoms with Gasteiger partial charge in [-0.05, 0) is 11.6 Å². The molecule has 1 N–H and O–H groups in total. The fraction of sp³-hybridized carbons (Fsp3) is 0.111. The zero-order chi connectivity index (χ0) is 9.42. The van der Waals surface area contributed by atoms with Crippen molar-refractivity contribution in [2.24, 2.45) is 0 Å². The van der Waals surface area contributed by atoms with E-state index in [-0.39, 0.29) is 17.7 Å². The van der Waals surface area contributed by atoms with Gasteiger partial charge in [0, 0.05) is 0 Å². The molecule has 1 aromatic rings. The molecule has 1 radical (unpaired) electrons. The Labute approximate surface area is 74.2 Å². The molecule has 0 saturated carbocycles. The number of nitrogens with zero attached hydrogens (tertiary/aromatic N) is 1. The quantitative estimate of drug-likeness (QED) is 0.616. The predicted octanol–water partition coefficient (Wildman–Crippen LogP) is 0.0773. The van der Waals surface area contributed by atoms with E-state index < -0.39 is 11.8 Å². The van der Waals surface area contributed by atoms with Crippen molar-refractivity contribution in [3.05, 3.63) is 34.9 Å². The molecular weight excluding hydrogens is 170 g/mol. The molecule has 0 fully saturated rings. The summed E-state index contributed by atoms with van der Waals surface area (Å²) in [5.74, 6) is -1.07. The van der Waals surface area contributed by atoms with Crippen molar-refractivity contribution in [3.63, 3.8) is 0 Å². The number of aliphatic hydroxyl groups is 1. The van der Waals surface area contributed by atoms with E-state index in [0.29, 0.717) is 5.56 Å². The Morgan fingerprint density at radius 2 is 2.00 bits per heavy atom. The van der Waals surface area contributed by atoms with Gasteiger partial charge in [0.05, 0.1) is 17.7 Å². The molecule has 1 aliphatic rings. The third-order valence-corrected chi connectivity index (χ3v) is 1.97. The second-order valence-corrected chi connectivity index (χ2v) is 2.72. The van der Waals surface area contributed by atoms with Crippen molar-refractivity contribution in [1.82, 2.24) is 5.32 Å². The van der Waals surface area contributed by atoms with Crippen molar-refractivity contribution in [2.75, 3.05) is 0 Å². The maximum Gasteiger partial charge on any atom is 0.281 e. The van der Waals surface area contributed by atoms with Crippen LogP contribution < -0.4 is 5.32 Å². The molecule has 0 bridgehead atoms. The number of carbonyl (C=O) groups is 2. The lowest BCUT2D eigenvalue weighted by Gasteiger charge is -1.99. The van der Waals surface area contributed by atoms with Crippen molar-refractivity contribution in [3.8, 4) is 0 Å². The number of benzene rings is 1. The second-order valence-electron chi connectivity index (χ2n) is 2.72. The highest BCUT2D eigenvalue weighted by molar-refractivity contribution is 6.21. The van der Waals surface area contributed by atoms with E-state index in [1.165, 1.54) is 6.07 Å². The molecule has 4 heteroatoms. The van der Waals surface area contributed by atoms with Crippen molar-refractivity contribution in [2.45, 2.75) is 6.61 Å². The Bertz CT molecular complexity index is 398. The van der Waals surface area contributed by atoms with Gasteiger partial charge in [-0.25, -0.2) is 0 Å². The summed E-state index contributed by atoms with van der Waals surface area (Å²) in [5, 5.41) is 12.2. The molecule has 2 rings (SSSR count). The molecule has 1 aromatic carbocycles. The van der Waals surface area contributed by atoms with E-state index >= 15 is 0 Å². The van der Waals surface area contributed by atoms with Crippen LogP contribution in [0.1, 0.15) is 26.3 Å². The Morgan fingerprint density at radius 1 is 1.23 bits per heavy atom. The first-order valence-corrected chi connectivity index (χ1v) is 3.77. The van der Waals surface area contributed by atoms with Gasteiger partial charge in [0.15, 0.2) is 0 Å². The minimum Gasteiger partial charge on any atom is -0.392 e. The van der Waals surface area contributed by atoms with Gasteiger partial charge in [0.25, 0.3) is 11.8 Å². The lowest BCUT2D eigenvalue weighted by Crippen LogP contribution is -2.11. The van der Waals surface area contributed by atoms with Crippen LogP contribution in [0.3, 0.4) is 0 Å². The van der Waals surface area contributed by atoms with Gasteiger partial charge in [-0.15, -0.1) is 0 Å². The summed E-state index contributed by atoms with van der Waals surface area (Å²) in [6.45, 7) is -0.252. The van der Waals surface area contributed by atoms with Crippen LogP contribution in [0.15, 0.2) is 18.2 Å². The van der Waals surface area contributed by atoms with E-state index in [9.17, 15) is 9.59 Å². The minimum atomic E-state index is -0.551. The highest BCUT2D eigenvalue weighted by Crippen LogP contribution is 2.20. The molecule has 1 aliphatic heterocycles. The standard InChI is InChI=1S/C9H6NO3/c11-4-5-2-1-3-6-7(5)9(13)10-8(6)12/h1-3,11H,4H2. The molecule has 2 amide bonds. The number of rotatable bonds is 1. The maximum absolute atomic E-state index is 11.2. The van der Waals surface area contributed by atoms with Crippen LogP contribution >= 0.6 is 0 Å². The van der Waals surface area contributed by atoms with Crippen LogP contribution in [-0.4, -0.2) is 16.9 Å². The first-order chi connectivity index (χ1) is 6.24. The van der Waals surface area contributed by atoms with Gasteiger partial charge < -0.3 is 5.11 Å². The number of aliphatic hydroxyl groups excluding tert-OH is 1. The van der Waals surface area contributed by atoms with Crippen molar-refractivity contribution < 1.29 is 14.7 Å². The zero-order valence-corrected chi connectivity index (χ0v) is 6.65. The Balaban J connectivity index is 2.69. The van der Waals surface area contributed by atoms with Gasteiger partial charge in [-0.1, -0.05) is 12.1 Å². The summed E-state index contributed by atoms with van der Waals surface area (Å²) >= 11 is 0. The third-order valence-electron chi connectivity index (χ3n) is 1.97. The summed E-state index contributed by atoms with van der Waals surface area (Å²) in [6.07, 6.45) is 0. The second kappa shape index (κ2) is 2.67. The number of carbonyl (C=O) groups excluding carboxylic acids is 2. The van der Waals surface area contributed by atoms with Gasteiger partial charge in [-0.2, -0.15) is 5.32 Å². The number of fused-ring (bicyclic) bond motifs is 1. The van der Waals surface area contributed by atoms with Crippen LogP contribution in [0.2, 0.25) is 0 Å². The van der Waals surface area contributed by atoms with E-state index in [2.05, 4.69) is 5.32 Å². The Hall–Kier alpha value is -1.68. The number of hydrogen-bond donors (Lipinski definition) is 1. The van der Waals surface area contributed by atoms with Crippen LogP contribution in [0, 0.1) is 0 Å². The van der Waals surface area contributed by atoms with Crippen LogP contribution in [0.25, 0.3) is 0 Å². The monoisotopic (exact) mass is 176 g/mol. The molecule has 0 aromatic heterocycles. The largest absolute Gasteiger partial charge is 0.392 e. The SMILES string of the molecule is O=C1[N]C(=O)c2c(CO)cccc21. The number of amides is 2. The normalized spacial score (nSPS) is 14.2. The van der Waals surface area contributed by atoms with Crippen molar-refractivity contribution >= 4 is 11.8 Å². The summed E-state index contributed by atoms with van der Waals surface area (Å²) in [4.78, 5) is 22.2. The van der Waals surface area contributed by atoms with E-state index in [1.807, 2.05) is 0 Å². The third kappa shape index (κ3) is 1.03. The molecule has 0 aliphatic carbocycles. The average molecular weight is 176 g/mol. The average Bonchev–Trinajstić information content (AvgIpc) is 2.43. The predicted molar refractivity (Wildman–Crippen MR) is 43.2 cm³/mol. The molecule has 0 unspecified atom stereocenters. The Kier molecular flexibility index (Phi) is 1.63. The fourth-order valence-electron chi connectivity index (χ4n) is 1.37. The van der Waals surface area contributed by atoms with Gasteiger partial charge in [0.1, 0.15) is 0 Å². The number of hydrogen-bond acceptors (Lipinski definition) is 3. The van der Waals surface area contributed by atoms with Crippen LogP contribution in [0.5, 0.6) is 0 Å². The minimum absolute atomic E-state index is 0.245. The summed E-state index contributed by atoms with van der Waals surface area (Å²) < 4.78 is 0. The first kappa shape index (κ1) is 7.94. The molecule has 0 atom stereocenters. The zero-order valence-electron chi connectivity index (χ0n) is 6.65. The molecular formula is C9H6NO3. The molecule has 0 spiro atoms. The van der Waals surface area contributed by atoms with E-state index in [1.54, 1.807) is 12.1 Å². The summed E-state index contributed by atoms with van der Waals surface area (Å²) in [5.41, 5.74) is 0.989. The van der Waals surface area contributed by atoms with Crippen LogP contribution in [-0.2, 0) is 6.61 Å². The highest BCUT2D eigenvalue weighted by Gasteiger charge is 2.30. The smallest absolute Gasteiger partial charge is 0.281 e. The fourth-order valence-corrected chi connectivity index (χ4v) is 1.37. The lowest BCUT2D eigenvalue weighted by atomic mass is 10.0. The summed E-state index contributed by atoms with van der Waals surface area (Å²) in [7, 11) is 0. The summed E-state index contributed by atoms with van der Waals surface area (Å²) in [6, 6.07) is 4.76.